The van der Waals surface area contributed by atoms with Gasteiger partial charge in [-0.3, -0.25) is 0 Å². The molecule has 2 heteroatoms. The zero-order chi connectivity index (χ0) is 34.4. The molecule has 0 atom stereocenters. The highest BCUT2D eigenvalue weighted by Crippen LogP contribution is 2.49. The minimum absolute atomic E-state index is 0.0274. The van der Waals surface area contributed by atoms with Crippen LogP contribution in [0.2, 0.25) is 0 Å². The Morgan fingerprint density at radius 2 is 0.745 bits per heavy atom. The zero-order valence-corrected chi connectivity index (χ0v) is 28.7. The van der Waals surface area contributed by atoms with Crippen LogP contribution in [0.4, 0.5) is 0 Å². The molecule has 0 spiro atoms. The maximum absolute atomic E-state index is 5.07. The first-order valence-electron chi connectivity index (χ1n) is 17.6. The number of aromatic nitrogens is 2. The van der Waals surface area contributed by atoms with Crippen LogP contribution in [0.5, 0.6) is 0 Å². The van der Waals surface area contributed by atoms with Crippen LogP contribution in [0.1, 0.15) is 25.0 Å². The van der Waals surface area contributed by atoms with E-state index >= 15 is 0 Å². The van der Waals surface area contributed by atoms with E-state index in [1.165, 1.54) is 44.5 Å². The molecular weight excluding hydrogens is 617 g/mol. The van der Waals surface area contributed by atoms with Crippen molar-refractivity contribution in [2.75, 3.05) is 0 Å². The fourth-order valence-corrected chi connectivity index (χ4v) is 7.57. The monoisotopic (exact) mass is 652 g/mol. The molecule has 0 unspecified atom stereocenters. The third kappa shape index (κ3) is 5.65. The average Bonchev–Trinajstić information content (AvgIpc) is 3.44. The zero-order valence-electron chi connectivity index (χ0n) is 28.7. The first-order chi connectivity index (χ1) is 25.0. The van der Waals surface area contributed by atoms with Gasteiger partial charge in [-0.1, -0.05) is 166 Å². The third-order valence-electron chi connectivity index (χ3n) is 10.3. The molecular formula is C49H36N2. The standard InChI is InChI=1S/C49H36N2/c1-49(2)44-25-10-9-24-42(44)43-27-26-40(31-45(43)49)38-21-12-19-36(29-38)35-18-11-20-37(28-35)39-22-13-23-41(30-39)47-32-46(33-14-5-3-6-15-33)50-48(51-47)34-16-7-4-8-17-34/h3-32H,1-2H3. The van der Waals surface area contributed by atoms with Crippen molar-refractivity contribution >= 4 is 0 Å². The van der Waals surface area contributed by atoms with Crippen molar-refractivity contribution < 1.29 is 0 Å². The van der Waals surface area contributed by atoms with Crippen LogP contribution >= 0.6 is 0 Å². The molecule has 1 aliphatic carbocycles. The molecule has 51 heavy (non-hydrogen) atoms. The van der Waals surface area contributed by atoms with Crippen molar-refractivity contribution in [3.63, 3.8) is 0 Å². The molecule has 0 N–H and O–H groups in total. The van der Waals surface area contributed by atoms with Gasteiger partial charge in [0.15, 0.2) is 5.82 Å². The lowest BCUT2D eigenvalue weighted by atomic mass is 9.81. The van der Waals surface area contributed by atoms with Gasteiger partial charge < -0.3 is 0 Å². The predicted molar refractivity (Wildman–Crippen MR) is 212 cm³/mol. The van der Waals surface area contributed by atoms with E-state index in [0.29, 0.717) is 0 Å². The molecule has 0 radical (unpaired) electrons. The van der Waals surface area contributed by atoms with E-state index in [4.69, 9.17) is 9.97 Å². The summed E-state index contributed by atoms with van der Waals surface area (Å²) in [5, 5.41) is 0. The Morgan fingerprint density at radius 1 is 0.314 bits per heavy atom. The van der Waals surface area contributed by atoms with Gasteiger partial charge >= 0.3 is 0 Å². The summed E-state index contributed by atoms with van der Waals surface area (Å²) in [6, 6.07) is 64.9. The maximum Gasteiger partial charge on any atom is 0.160 e. The first kappa shape index (κ1) is 30.7. The number of nitrogens with zero attached hydrogens (tertiary/aromatic N) is 2. The van der Waals surface area contributed by atoms with Crippen LogP contribution < -0.4 is 0 Å². The Morgan fingerprint density at radius 3 is 1.35 bits per heavy atom. The van der Waals surface area contributed by atoms with Gasteiger partial charge in [-0.15, -0.1) is 0 Å². The average molecular weight is 653 g/mol. The summed E-state index contributed by atoms with van der Waals surface area (Å²) in [7, 11) is 0. The van der Waals surface area contributed by atoms with Crippen LogP contribution in [0, 0.1) is 0 Å². The molecule has 9 rings (SSSR count). The molecule has 1 heterocycles. The fraction of sp³-hybridized carbons (Fsp3) is 0.0612. The van der Waals surface area contributed by atoms with Crippen LogP contribution in [0.25, 0.3) is 78.4 Å². The molecule has 7 aromatic carbocycles. The van der Waals surface area contributed by atoms with Crippen LogP contribution in [0.15, 0.2) is 182 Å². The van der Waals surface area contributed by atoms with E-state index in [1.807, 2.05) is 36.4 Å². The molecule has 1 aromatic heterocycles. The van der Waals surface area contributed by atoms with Crippen molar-refractivity contribution in [1.29, 1.82) is 0 Å². The molecule has 2 nitrogen and oxygen atoms in total. The van der Waals surface area contributed by atoms with Gasteiger partial charge in [-0.25, -0.2) is 9.97 Å². The van der Waals surface area contributed by atoms with Crippen LogP contribution in [0.3, 0.4) is 0 Å². The summed E-state index contributed by atoms with van der Waals surface area (Å²) in [6.45, 7) is 4.68. The summed E-state index contributed by atoms with van der Waals surface area (Å²) in [6.07, 6.45) is 0. The molecule has 242 valence electrons. The molecule has 0 saturated heterocycles. The van der Waals surface area contributed by atoms with Crippen molar-refractivity contribution in [2.45, 2.75) is 19.3 Å². The Bertz CT molecular complexity index is 2490. The Labute approximate surface area is 299 Å². The molecule has 0 amide bonds. The van der Waals surface area contributed by atoms with Crippen LogP contribution in [-0.2, 0) is 5.41 Å². The van der Waals surface area contributed by atoms with Gasteiger partial charge in [0, 0.05) is 22.1 Å². The van der Waals surface area contributed by atoms with Gasteiger partial charge in [0.05, 0.1) is 11.4 Å². The normalized spacial score (nSPS) is 12.7. The smallest absolute Gasteiger partial charge is 0.160 e. The van der Waals surface area contributed by atoms with Crippen LogP contribution in [-0.4, -0.2) is 9.97 Å². The van der Waals surface area contributed by atoms with Gasteiger partial charge in [0.25, 0.3) is 0 Å². The van der Waals surface area contributed by atoms with Gasteiger partial charge in [0.1, 0.15) is 0 Å². The maximum atomic E-state index is 5.07. The number of hydrogen-bond acceptors (Lipinski definition) is 2. The van der Waals surface area contributed by atoms with Crippen molar-refractivity contribution in [1.82, 2.24) is 9.97 Å². The first-order valence-corrected chi connectivity index (χ1v) is 17.6. The third-order valence-corrected chi connectivity index (χ3v) is 10.3. The summed E-state index contributed by atoms with van der Waals surface area (Å²) in [5.41, 5.74) is 17.6. The number of hydrogen-bond donors (Lipinski definition) is 0. The summed E-state index contributed by atoms with van der Waals surface area (Å²) in [5.74, 6) is 0.718. The van der Waals surface area contributed by atoms with Gasteiger partial charge in [-0.05, 0) is 86.0 Å². The Balaban J connectivity index is 1.06. The lowest BCUT2D eigenvalue weighted by Crippen LogP contribution is -2.14. The highest BCUT2D eigenvalue weighted by Gasteiger charge is 2.35. The predicted octanol–water partition coefficient (Wildman–Crippen LogP) is 12.8. The van der Waals surface area contributed by atoms with Gasteiger partial charge in [0.2, 0.25) is 0 Å². The summed E-state index contributed by atoms with van der Waals surface area (Å²) in [4.78, 5) is 10.0. The molecule has 0 fully saturated rings. The molecule has 0 bridgehead atoms. The Kier molecular flexibility index (Phi) is 7.51. The van der Waals surface area contributed by atoms with E-state index in [9.17, 15) is 0 Å². The van der Waals surface area contributed by atoms with Gasteiger partial charge in [-0.2, -0.15) is 0 Å². The van der Waals surface area contributed by atoms with E-state index in [1.54, 1.807) is 0 Å². The molecule has 1 aliphatic rings. The minimum atomic E-state index is -0.0274. The summed E-state index contributed by atoms with van der Waals surface area (Å²) < 4.78 is 0. The minimum Gasteiger partial charge on any atom is -0.228 e. The van der Waals surface area contributed by atoms with Crippen molar-refractivity contribution in [3.05, 3.63) is 193 Å². The second-order valence-electron chi connectivity index (χ2n) is 13.9. The number of fused-ring (bicyclic) bond motifs is 3. The Hall–Kier alpha value is -6.38. The lowest BCUT2D eigenvalue weighted by Gasteiger charge is -2.22. The van der Waals surface area contributed by atoms with E-state index in [2.05, 4.69) is 159 Å². The lowest BCUT2D eigenvalue weighted by molar-refractivity contribution is 0.660. The van der Waals surface area contributed by atoms with E-state index in [0.717, 1.165) is 45.0 Å². The second-order valence-corrected chi connectivity index (χ2v) is 13.9. The number of rotatable bonds is 6. The summed E-state index contributed by atoms with van der Waals surface area (Å²) >= 11 is 0. The van der Waals surface area contributed by atoms with E-state index < -0.39 is 0 Å². The topological polar surface area (TPSA) is 25.8 Å². The van der Waals surface area contributed by atoms with Crippen molar-refractivity contribution in [2.24, 2.45) is 0 Å². The highest BCUT2D eigenvalue weighted by molar-refractivity contribution is 5.85. The fourth-order valence-electron chi connectivity index (χ4n) is 7.57. The largest absolute Gasteiger partial charge is 0.228 e. The number of benzene rings is 7. The highest BCUT2D eigenvalue weighted by atomic mass is 14.9. The van der Waals surface area contributed by atoms with Crippen molar-refractivity contribution in [3.8, 4) is 78.4 Å². The second kappa shape index (κ2) is 12.5. The molecule has 0 aliphatic heterocycles. The van der Waals surface area contributed by atoms with E-state index in [-0.39, 0.29) is 5.41 Å². The molecule has 8 aromatic rings. The molecule has 0 saturated carbocycles. The quantitative estimate of drug-likeness (QED) is 0.179. The SMILES string of the molecule is CC1(C)c2ccccc2-c2ccc(-c3cccc(-c4cccc(-c5cccc(-c6cc(-c7ccccc7)nc(-c7ccccc7)n6)c5)c4)c3)cc21.